The Morgan fingerprint density at radius 2 is 1.00 bits per heavy atom. The average Bonchev–Trinajstić information content (AvgIpc) is 3.31. The van der Waals surface area contributed by atoms with Crippen LogP contribution in [0.3, 0.4) is 0 Å². The number of rotatable bonds is 46. The molecule has 0 rings (SSSR count). The normalized spacial score (nSPS) is 14.8. The highest BCUT2D eigenvalue weighted by Gasteiger charge is 2.27. The monoisotopic (exact) mass is 979 g/mol. The summed E-state index contributed by atoms with van der Waals surface area (Å²) in [6.45, 7) is 6.49. The molecule has 0 radical (unpaired) electrons. The number of esters is 1. The lowest BCUT2D eigenvalue weighted by atomic mass is 10.1. The van der Waals surface area contributed by atoms with Crippen LogP contribution in [0.4, 0.5) is 0 Å². The van der Waals surface area contributed by atoms with Gasteiger partial charge in [-0.05, 0) is 83.1 Å². The Hall–Kier alpha value is -3.59. The number of hydrogen-bond acceptors (Lipinski definition) is 7. The zero-order valence-electron chi connectivity index (χ0n) is 44.5. The third-order valence-electron chi connectivity index (χ3n) is 11.0. The summed E-state index contributed by atoms with van der Waals surface area (Å²) in [4.78, 5) is 39.7. The fraction of sp³-hybridized carbons (Fsp3) is 0.627. The SMILES string of the molecule is CC\C=C/C=C/C=C/C=C\C=C\C=C\CCCCCC(=O)OC(/C=C/CCCCCCCCCCCC)C(COP(=O)([O-])OCC[N+](C)(C)C)NC(=O)CCCCCC/C=C/C/C=C/C/C=C/CC. The number of allylic oxidation sites excluding steroid dienone is 19. The van der Waals surface area contributed by atoms with Crippen molar-refractivity contribution in [3.05, 3.63) is 122 Å². The second-order valence-corrected chi connectivity index (χ2v) is 20.2. The number of phosphoric ester groups is 1. The van der Waals surface area contributed by atoms with Crippen LogP contribution in [0.2, 0.25) is 0 Å². The molecule has 392 valence electrons. The number of amides is 1. The van der Waals surface area contributed by atoms with E-state index in [2.05, 4.69) is 74.7 Å². The predicted octanol–water partition coefficient (Wildman–Crippen LogP) is 15.4. The molecule has 0 fully saturated rings. The van der Waals surface area contributed by atoms with Crippen molar-refractivity contribution in [1.29, 1.82) is 0 Å². The molecule has 1 amide bonds. The van der Waals surface area contributed by atoms with Gasteiger partial charge in [0.15, 0.2) is 0 Å². The maximum Gasteiger partial charge on any atom is 0.306 e. The van der Waals surface area contributed by atoms with Crippen LogP contribution >= 0.6 is 7.82 Å². The van der Waals surface area contributed by atoms with Crippen molar-refractivity contribution < 1.29 is 37.3 Å². The lowest BCUT2D eigenvalue weighted by Gasteiger charge is -2.30. The van der Waals surface area contributed by atoms with Gasteiger partial charge in [-0.2, -0.15) is 0 Å². The molecule has 0 aliphatic carbocycles. The van der Waals surface area contributed by atoms with Crippen LogP contribution in [-0.2, 0) is 27.9 Å². The van der Waals surface area contributed by atoms with Crippen LogP contribution in [-0.4, -0.2) is 69.4 Å². The summed E-state index contributed by atoms with van der Waals surface area (Å²) < 4.78 is 30.1. The standard InChI is InChI=1S/C59H99N2O7P/c1-7-10-13-16-19-22-25-28-30-31-32-34-37-40-43-46-49-52-59(63)68-57(50-47-44-41-38-35-27-24-21-18-15-12-9-3)56(55-67-69(64,65)66-54-53-61(4,5)6)60-58(62)51-48-45-42-39-36-33-29-26-23-20-17-14-11-8-2/h10-11,13-14,16,19-20,22-23,25,28-34,37,47,50,56-57H,7-9,12,15,17-18,21,24,26-27,35-36,38-46,48-49,51-55H2,1-6H3,(H-,60,62,64,65)/b13-10-,14-11+,19-16+,23-20+,25-22+,30-28-,32-31+,33-29+,37-34+,50-47+. The molecule has 0 aromatic rings. The number of carbonyl (C=O) groups is 2. The first kappa shape index (κ1) is 65.4. The largest absolute Gasteiger partial charge is 0.756 e. The van der Waals surface area contributed by atoms with Crippen molar-refractivity contribution >= 4 is 19.7 Å². The van der Waals surface area contributed by atoms with Crippen molar-refractivity contribution in [2.24, 2.45) is 0 Å². The van der Waals surface area contributed by atoms with Crippen molar-refractivity contribution in [3.63, 3.8) is 0 Å². The number of quaternary nitrogens is 1. The maximum atomic E-state index is 13.4. The minimum atomic E-state index is -4.72. The molecule has 0 aliphatic heterocycles. The molecular weight excluding hydrogens is 880 g/mol. The number of phosphoric acid groups is 1. The maximum absolute atomic E-state index is 13.4. The number of ether oxygens (including phenoxy) is 1. The number of carbonyl (C=O) groups excluding carboxylic acids is 2. The van der Waals surface area contributed by atoms with Gasteiger partial charge in [0.2, 0.25) is 5.91 Å². The molecule has 69 heavy (non-hydrogen) atoms. The molecule has 3 atom stereocenters. The van der Waals surface area contributed by atoms with Crippen LogP contribution < -0.4 is 10.2 Å². The molecule has 0 saturated carbocycles. The van der Waals surface area contributed by atoms with Crippen molar-refractivity contribution in [3.8, 4) is 0 Å². The van der Waals surface area contributed by atoms with E-state index in [1.54, 1.807) is 6.08 Å². The first-order chi connectivity index (χ1) is 33.4. The minimum absolute atomic E-state index is 0.0418. The highest BCUT2D eigenvalue weighted by atomic mass is 31.2. The molecule has 0 aromatic carbocycles. The summed E-state index contributed by atoms with van der Waals surface area (Å²) in [7, 11) is 1.12. The highest BCUT2D eigenvalue weighted by Crippen LogP contribution is 2.38. The molecule has 0 heterocycles. The van der Waals surface area contributed by atoms with E-state index < -0.39 is 32.5 Å². The van der Waals surface area contributed by atoms with Gasteiger partial charge in [-0.3, -0.25) is 14.2 Å². The topological polar surface area (TPSA) is 114 Å². The molecular formula is C59H99N2O7P. The zero-order valence-corrected chi connectivity index (χ0v) is 45.4. The van der Waals surface area contributed by atoms with E-state index in [0.717, 1.165) is 89.9 Å². The molecule has 3 unspecified atom stereocenters. The number of likely N-dealkylation sites (N-methyl/N-ethyl adjacent to an activating group) is 1. The van der Waals surface area contributed by atoms with Crippen LogP contribution in [0.15, 0.2) is 122 Å². The molecule has 9 nitrogen and oxygen atoms in total. The summed E-state index contributed by atoms with van der Waals surface area (Å²) in [6.07, 6.45) is 65.9. The molecule has 10 heteroatoms. The molecule has 0 aromatic heterocycles. The number of nitrogens with one attached hydrogen (secondary N) is 1. The Balaban J connectivity index is 5.55. The van der Waals surface area contributed by atoms with E-state index in [4.69, 9.17) is 13.8 Å². The Kier molecular flexibility index (Phi) is 45.6. The van der Waals surface area contributed by atoms with Gasteiger partial charge < -0.3 is 28.5 Å². The van der Waals surface area contributed by atoms with Crippen molar-refractivity contribution in [2.75, 3.05) is 40.9 Å². The van der Waals surface area contributed by atoms with Gasteiger partial charge in [0.05, 0.1) is 33.8 Å². The Bertz CT molecular complexity index is 1600. The zero-order chi connectivity index (χ0) is 50.8. The van der Waals surface area contributed by atoms with Crippen molar-refractivity contribution in [1.82, 2.24) is 5.32 Å². The van der Waals surface area contributed by atoms with Gasteiger partial charge in [0.25, 0.3) is 7.82 Å². The van der Waals surface area contributed by atoms with E-state index in [0.29, 0.717) is 23.9 Å². The lowest BCUT2D eigenvalue weighted by molar-refractivity contribution is -0.870. The smallest absolute Gasteiger partial charge is 0.306 e. The third-order valence-corrected chi connectivity index (χ3v) is 12.0. The van der Waals surface area contributed by atoms with Gasteiger partial charge in [-0.1, -0.05) is 213 Å². The summed E-state index contributed by atoms with van der Waals surface area (Å²) in [5.41, 5.74) is 0. The molecule has 1 N–H and O–H groups in total. The van der Waals surface area contributed by atoms with Gasteiger partial charge in [-0.25, -0.2) is 0 Å². The summed E-state index contributed by atoms with van der Waals surface area (Å²) in [5, 5.41) is 2.98. The van der Waals surface area contributed by atoms with Crippen LogP contribution in [0.1, 0.15) is 188 Å². The van der Waals surface area contributed by atoms with E-state index in [-0.39, 0.29) is 25.4 Å². The summed E-state index contributed by atoms with van der Waals surface area (Å²) >= 11 is 0. The highest BCUT2D eigenvalue weighted by molar-refractivity contribution is 7.45. The van der Waals surface area contributed by atoms with Crippen LogP contribution in [0.25, 0.3) is 0 Å². The van der Waals surface area contributed by atoms with E-state index in [1.165, 1.54) is 51.4 Å². The Labute approximate surface area is 423 Å². The number of nitrogens with zero attached hydrogens (tertiary/aromatic N) is 1. The third kappa shape index (κ3) is 49.2. The second-order valence-electron chi connectivity index (χ2n) is 18.8. The van der Waals surface area contributed by atoms with Crippen molar-refractivity contribution in [2.45, 2.75) is 200 Å². The summed E-state index contributed by atoms with van der Waals surface area (Å²) in [6, 6.07) is -0.926. The molecule has 0 spiro atoms. The van der Waals surface area contributed by atoms with E-state index in [1.807, 2.05) is 88.0 Å². The average molecular weight is 979 g/mol. The first-order valence-electron chi connectivity index (χ1n) is 26.9. The molecule has 0 saturated heterocycles. The Morgan fingerprint density at radius 1 is 0.536 bits per heavy atom. The fourth-order valence-corrected chi connectivity index (χ4v) is 7.64. The Morgan fingerprint density at radius 3 is 1.58 bits per heavy atom. The van der Waals surface area contributed by atoms with Crippen LogP contribution in [0.5, 0.6) is 0 Å². The molecule has 0 bridgehead atoms. The molecule has 0 aliphatic rings. The quantitative estimate of drug-likeness (QED) is 0.0161. The number of unbranched alkanes of at least 4 members (excludes halogenated alkanes) is 17. The lowest BCUT2D eigenvalue weighted by Crippen LogP contribution is -2.47. The summed E-state index contributed by atoms with van der Waals surface area (Å²) in [5.74, 6) is -0.632. The fourth-order valence-electron chi connectivity index (χ4n) is 6.92. The van der Waals surface area contributed by atoms with Gasteiger partial charge in [0, 0.05) is 12.8 Å². The number of hydrogen-bond donors (Lipinski definition) is 1. The van der Waals surface area contributed by atoms with Gasteiger partial charge in [-0.15, -0.1) is 0 Å². The first-order valence-corrected chi connectivity index (χ1v) is 28.4. The van der Waals surface area contributed by atoms with E-state index in [9.17, 15) is 19.0 Å². The second kappa shape index (κ2) is 48.1. The van der Waals surface area contributed by atoms with Gasteiger partial charge >= 0.3 is 5.97 Å². The minimum Gasteiger partial charge on any atom is -0.756 e. The van der Waals surface area contributed by atoms with Gasteiger partial charge in [0.1, 0.15) is 19.3 Å². The van der Waals surface area contributed by atoms with E-state index >= 15 is 0 Å². The predicted molar refractivity (Wildman–Crippen MR) is 293 cm³/mol. The van der Waals surface area contributed by atoms with Crippen LogP contribution in [0, 0.1) is 0 Å².